The Labute approximate surface area is 151 Å². The molecule has 1 heterocycles. The number of fused-ring (bicyclic) bond motifs is 1. The molecule has 1 amide bonds. The zero-order valence-corrected chi connectivity index (χ0v) is 14.0. The molecule has 130 valence electrons. The summed E-state index contributed by atoms with van der Waals surface area (Å²) in [5.41, 5.74) is 2.73. The molecule has 1 aromatic heterocycles. The number of carbonyl (C=O) groups excluding carboxylic acids is 1. The molecule has 0 saturated carbocycles. The van der Waals surface area contributed by atoms with E-state index in [1.165, 1.54) is 6.20 Å². The third kappa shape index (κ3) is 3.11. The Bertz CT molecular complexity index is 927. The van der Waals surface area contributed by atoms with Crippen molar-refractivity contribution in [3.63, 3.8) is 0 Å². The van der Waals surface area contributed by atoms with Crippen LogP contribution in [0.5, 0.6) is 5.88 Å². The maximum Gasteiger partial charge on any atom is 0.379 e. The molecule has 1 aliphatic carbocycles. The van der Waals surface area contributed by atoms with Crippen molar-refractivity contribution in [2.45, 2.75) is 18.6 Å². The van der Waals surface area contributed by atoms with E-state index in [0.717, 1.165) is 11.1 Å². The molecule has 2 atom stereocenters. The number of nitrogens with zero attached hydrogens (tertiary/aromatic N) is 1. The second-order valence-electron chi connectivity index (χ2n) is 6.24. The predicted molar refractivity (Wildman–Crippen MR) is 96.6 cm³/mol. The van der Waals surface area contributed by atoms with E-state index in [4.69, 9.17) is 4.74 Å². The third-order valence-corrected chi connectivity index (χ3v) is 4.57. The Hall–Kier alpha value is -3.34. The van der Waals surface area contributed by atoms with Crippen LogP contribution in [0.2, 0.25) is 0 Å². The summed E-state index contributed by atoms with van der Waals surface area (Å²) < 4.78 is 6.67. The highest BCUT2D eigenvalue weighted by Gasteiger charge is 2.36. The molecule has 0 saturated heterocycles. The molecule has 26 heavy (non-hydrogen) atoms. The van der Waals surface area contributed by atoms with E-state index < -0.39 is 0 Å². The molecule has 0 unspecified atom stereocenters. The Morgan fingerprint density at radius 1 is 1.00 bits per heavy atom. The second-order valence-corrected chi connectivity index (χ2v) is 6.24. The van der Waals surface area contributed by atoms with Gasteiger partial charge in [-0.1, -0.05) is 42.5 Å². The highest BCUT2D eigenvalue weighted by atomic mass is 16.6. The number of amides is 1. The normalized spacial score (nSPS) is 18.2. The molecule has 2 aromatic carbocycles. The minimum atomic E-state index is -0.345. The summed E-state index contributed by atoms with van der Waals surface area (Å²) in [4.78, 5) is 12.6. The summed E-state index contributed by atoms with van der Waals surface area (Å²) in [5.74, 6) is 0.0632. The van der Waals surface area contributed by atoms with Crippen molar-refractivity contribution in [2.75, 3.05) is 0 Å². The molecule has 0 fully saturated rings. The molecule has 1 N–H and O–H groups in total. The lowest BCUT2D eigenvalue weighted by atomic mass is 10.1. The summed E-state index contributed by atoms with van der Waals surface area (Å²) in [6.45, 7) is 0. The van der Waals surface area contributed by atoms with Crippen molar-refractivity contribution in [1.29, 1.82) is 0 Å². The molecular formula is C21H18N2O3. The number of nitrogens with one attached hydrogen (secondary N) is 1. The monoisotopic (exact) mass is 346 g/mol. The fourth-order valence-electron chi connectivity index (χ4n) is 3.31. The van der Waals surface area contributed by atoms with Crippen LogP contribution in [-0.4, -0.2) is 12.0 Å². The minimum absolute atomic E-state index is 0.163. The molecule has 0 aliphatic heterocycles. The fourth-order valence-corrected chi connectivity index (χ4v) is 3.31. The Morgan fingerprint density at radius 3 is 2.54 bits per heavy atom. The quantitative estimate of drug-likeness (QED) is 0.584. The van der Waals surface area contributed by atoms with E-state index in [1.54, 1.807) is 30.3 Å². The molecule has 5 heteroatoms. The molecule has 0 radical (unpaired) electrons. The van der Waals surface area contributed by atoms with Crippen LogP contribution in [0, 0.1) is 5.21 Å². The molecule has 1 aliphatic rings. The van der Waals surface area contributed by atoms with Gasteiger partial charge in [-0.05, 0) is 29.3 Å². The van der Waals surface area contributed by atoms with Gasteiger partial charge >= 0.3 is 5.88 Å². The number of benzene rings is 2. The molecule has 4 rings (SSSR count). The first-order valence-corrected chi connectivity index (χ1v) is 8.51. The third-order valence-electron chi connectivity index (χ3n) is 4.57. The zero-order chi connectivity index (χ0) is 17.9. The van der Waals surface area contributed by atoms with E-state index >= 15 is 0 Å². The van der Waals surface area contributed by atoms with Crippen LogP contribution in [-0.2, 0) is 6.42 Å². The van der Waals surface area contributed by atoms with Crippen LogP contribution < -0.4 is 14.8 Å². The highest BCUT2D eigenvalue weighted by molar-refractivity contribution is 5.94. The summed E-state index contributed by atoms with van der Waals surface area (Å²) in [7, 11) is 0. The smallest absolute Gasteiger partial charge is 0.379 e. The Kier molecular flexibility index (Phi) is 4.27. The van der Waals surface area contributed by atoms with E-state index in [2.05, 4.69) is 5.32 Å². The number of hydrogen-bond donors (Lipinski definition) is 1. The van der Waals surface area contributed by atoms with Crippen molar-refractivity contribution in [3.8, 4) is 5.88 Å². The van der Waals surface area contributed by atoms with Crippen LogP contribution >= 0.6 is 0 Å². The van der Waals surface area contributed by atoms with Crippen LogP contribution in [0.3, 0.4) is 0 Å². The van der Waals surface area contributed by atoms with Crippen LogP contribution in [0.4, 0.5) is 0 Å². The van der Waals surface area contributed by atoms with E-state index in [1.807, 2.05) is 42.5 Å². The van der Waals surface area contributed by atoms with Gasteiger partial charge in [0.15, 0.2) is 6.20 Å². The largest absolute Gasteiger partial charge is 0.616 e. The maximum atomic E-state index is 12.6. The van der Waals surface area contributed by atoms with Gasteiger partial charge in [0.1, 0.15) is 6.10 Å². The van der Waals surface area contributed by atoms with Crippen LogP contribution in [0.15, 0.2) is 79.0 Å². The lowest BCUT2D eigenvalue weighted by Gasteiger charge is -2.22. The zero-order valence-electron chi connectivity index (χ0n) is 14.0. The molecule has 5 nitrogen and oxygen atoms in total. The summed E-state index contributed by atoms with van der Waals surface area (Å²) in [6.07, 6.45) is 1.68. The summed E-state index contributed by atoms with van der Waals surface area (Å²) >= 11 is 0. The average molecular weight is 346 g/mol. The van der Waals surface area contributed by atoms with Gasteiger partial charge in [-0.3, -0.25) is 4.79 Å². The maximum absolute atomic E-state index is 12.6. The number of hydrogen-bond acceptors (Lipinski definition) is 3. The van der Waals surface area contributed by atoms with Crippen LogP contribution in [0.1, 0.15) is 27.5 Å². The van der Waals surface area contributed by atoms with Crippen molar-refractivity contribution < 1.29 is 14.3 Å². The number of carbonyl (C=O) groups is 1. The molecule has 0 bridgehead atoms. The first-order chi connectivity index (χ1) is 12.7. The first-order valence-electron chi connectivity index (χ1n) is 8.51. The van der Waals surface area contributed by atoms with E-state index in [-0.39, 0.29) is 23.9 Å². The first kappa shape index (κ1) is 16.1. The van der Waals surface area contributed by atoms with Crippen molar-refractivity contribution in [2.24, 2.45) is 0 Å². The topological polar surface area (TPSA) is 65.3 Å². The van der Waals surface area contributed by atoms with Crippen molar-refractivity contribution in [1.82, 2.24) is 5.32 Å². The van der Waals surface area contributed by atoms with Crippen molar-refractivity contribution >= 4 is 5.91 Å². The van der Waals surface area contributed by atoms with E-state index in [0.29, 0.717) is 16.7 Å². The van der Waals surface area contributed by atoms with Gasteiger partial charge < -0.3 is 15.3 Å². The van der Waals surface area contributed by atoms with Gasteiger partial charge in [-0.2, -0.15) is 0 Å². The summed E-state index contributed by atoms with van der Waals surface area (Å²) in [5, 5.41) is 15.0. The lowest BCUT2D eigenvalue weighted by Crippen LogP contribution is -2.39. The summed E-state index contributed by atoms with van der Waals surface area (Å²) in [6, 6.07) is 21.7. The molecule has 0 spiro atoms. The van der Waals surface area contributed by atoms with Crippen molar-refractivity contribution in [3.05, 3.63) is 101 Å². The second kappa shape index (κ2) is 6.88. The fraction of sp³-hybridized carbons (Fsp3) is 0.143. The van der Waals surface area contributed by atoms with Gasteiger partial charge in [-0.15, -0.1) is 4.73 Å². The predicted octanol–water partition coefficient (Wildman–Crippen LogP) is 2.79. The van der Waals surface area contributed by atoms with E-state index in [9.17, 15) is 10.0 Å². The Balaban J connectivity index is 1.61. The average Bonchev–Trinajstić information content (AvgIpc) is 3.01. The lowest BCUT2D eigenvalue weighted by molar-refractivity contribution is -0.613. The van der Waals surface area contributed by atoms with Gasteiger partial charge in [0, 0.05) is 18.1 Å². The number of aromatic nitrogens is 1. The highest BCUT2D eigenvalue weighted by Crippen LogP contribution is 2.33. The van der Waals surface area contributed by atoms with Gasteiger partial charge in [0.2, 0.25) is 0 Å². The number of pyridine rings is 1. The SMILES string of the molecule is O=C(N[C@H]1c2ccccc2C[C@H]1Oc1cccc[n+]1[O-])c1ccccc1. The number of ether oxygens (including phenoxy) is 1. The minimum Gasteiger partial charge on any atom is -0.616 e. The number of rotatable bonds is 4. The van der Waals surface area contributed by atoms with Gasteiger partial charge in [0.05, 0.1) is 12.1 Å². The van der Waals surface area contributed by atoms with Gasteiger partial charge in [0.25, 0.3) is 5.91 Å². The van der Waals surface area contributed by atoms with Gasteiger partial charge in [-0.25, -0.2) is 0 Å². The molecule has 3 aromatic rings. The standard InChI is InChI=1S/C21H18N2O3/c24-21(15-8-2-1-3-9-15)22-20-17-11-5-4-10-16(17)14-18(20)26-19-12-6-7-13-23(19)25/h1-13,18,20H,14H2,(H,22,24)/t18-,20+/m1/s1. The van der Waals surface area contributed by atoms with Crippen LogP contribution in [0.25, 0.3) is 0 Å². The Morgan fingerprint density at radius 2 is 1.73 bits per heavy atom. The molecular weight excluding hydrogens is 328 g/mol.